The highest BCUT2D eigenvalue weighted by atomic mass is 16.5. The lowest BCUT2D eigenvalue weighted by atomic mass is 10.1. The van der Waals surface area contributed by atoms with Gasteiger partial charge in [0.2, 0.25) is 0 Å². The third-order valence-corrected chi connectivity index (χ3v) is 3.04. The van der Waals surface area contributed by atoms with E-state index in [2.05, 4.69) is 0 Å². The maximum absolute atomic E-state index is 9.48. The van der Waals surface area contributed by atoms with Crippen LogP contribution in [0.2, 0.25) is 0 Å². The van der Waals surface area contributed by atoms with E-state index in [1.54, 1.807) is 7.11 Å². The van der Waals surface area contributed by atoms with Gasteiger partial charge >= 0.3 is 0 Å². The van der Waals surface area contributed by atoms with Crippen molar-refractivity contribution >= 4 is 0 Å². The standard InChI is InChI=1S/C13H19NO3/c1-16-7-10(15)8-17-11-3-4-12-9(6-11)2-5-13(12)14/h3-4,6,10,13,15H,2,5,7-8,14H2,1H3/t10?,13-/m0/s1. The largest absolute Gasteiger partial charge is 0.491 e. The van der Waals surface area contributed by atoms with Gasteiger partial charge in [-0.05, 0) is 36.1 Å². The molecule has 0 amide bonds. The highest BCUT2D eigenvalue weighted by Gasteiger charge is 2.19. The van der Waals surface area contributed by atoms with Crippen LogP contribution in [0.5, 0.6) is 5.75 Å². The molecule has 1 aliphatic carbocycles. The molecule has 0 saturated carbocycles. The molecule has 3 N–H and O–H groups in total. The van der Waals surface area contributed by atoms with E-state index in [4.69, 9.17) is 15.2 Å². The number of nitrogens with two attached hydrogens (primary N) is 1. The molecule has 4 nitrogen and oxygen atoms in total. The average Bonchev–Trinajstić information content (AvgIpc) is 2.69. The summed E-state index contributed by atoms with van der Waals surface area (Å²) in [6.45, 7) is 0.536. The minimum atomic E-state index is -0.587. The number of methoxy groups -OCH3 is 1. The molecule has 0 spiro atoms. The molecule has 0 aliphatic heterocycles. The Morgan fingerprint density at radius 1 is 1.47 bits per heavy atom. The molecule has 1 unspecified atom stereocenters. The van der Waals surface area contributed by atoms with E-state index in [0.29, 0.717) is 0 Å². The molecule has 0 saturated heterocycles. The zero-order chi connectivity index (χ0) is 12.3. The van der Waals surface area contributed by atoms with Crippen LogP contribution in [0, 0.1) is 0 Å². The zero-order valence-corrected chi connectivity index (χ0v) is 10.1. The number of ether oxygens (including phenoxy) is 2. The van der Waals surface area contributed by atoms with E-state index in [1.165, 1.54) is 11.1 Å². The van der Waals surface area contributed by atoms with Crippen LogP contribution in [0.25, 0.3) is 0 Å². The molecule has 4 heteroatoms. The summed E-state index contributed by atoms with van der Waals surface area (Å²) in [5.74, 6) is 0.785. The van der Waals surface area contributed by atoms with Crippen LogP contribution in [0.4, 0.5) is 0 Å². The molecule has 0 radical (unpaired) electrons. The summed E-state index contributed by atoms with van der Waals surface area (Å²) in [6, 6.07) is 6.11. The summed E-state index contributed by atoms with van der Waals surface area (Å²) in [7, 11) is 1.56. The molecule has 0 aromatic heterocycles. The maximum atomic E-state index is 9.48. The molecule has 1 aromatic carbocycles. The summed E-state index contributed by atoms with van der Waals surface area (Å²) in [4.78, 5) is 0. The third kappa shape index (κ3) is 2.97. The second kappa shape index (κ2) is 5.49. The summed E-state index contributed by atoms with van der Waals surface area (Å²) >= 11 is 0. The highest BCUT2D eigenvalue weighted by molar-refractivity contribution is 5.40. The van der Waals surface area contributed by atoms with Gasteiger partial charge in [-0.2, -0.15) is 0 Å². The molecule has 1 aliphatic rings. The zero-order valence-electron chi connectivity index (χ0n) is 10.1. The number of aliphatic hydroxyl groups is 1. The molecular formula is C13H19NO3. The van der Waals surface area contributed by atoms with Gasteiger partial charge in [-0.1, -0.05) is 6.07 Å². The van der Waals surface area contributed by atoms with E-state index < -0.39 is 6.10 Å². The van der Waals surface area contributed by atoms with Crippen LogP contribution < -0.4 is 10.5 Å². The first-order valence-corrected chi connectivity index (χ1v) is 5.89. The number of hydrogen-bond acceptors (Lipinski definition) is 4. The van der Waals surface area contributed by atoms with Crippen LogP contribution in [0.15, 0.2) is 18.2 Å². The van der Waals surface area contributed by atoms with E-state index in [0.717, 1.165) is 18.6 Å². The SMILES string of the molecule is COCC(O)COc1ccc2c(c1)CC[C@@H]2N. The Bertz CT molecular complexity index is 381. The first-order valence-electron chi connectivity index (χ1n) is 5.89. The molecule has 2 atom stereocenters. The van der Waals surface area contributed by atoms with Crippen molar-refractivity contribution in [3.05, 3.63) is 29.3 Å². The van der Waals surface area contributed by atoms with Crippen molar-refractivity contribution in [1.29, 1.82) is 0 Å². The molecule has 17 heavy (non-hydrogen) atoms. The van der Waals surface area contributed by atoms with Gasteiger partial charge in [0.05, 0.1) is 6.61 Å². The minimum absolute atomic E-state index is 0.165. The normalized spacial score (nSPS) is 20.1. The number of benzene rings is 1. The van der Waals surface area contributed by atoms with Crippen molar-refractivity contribution in [1.82, 2.24) is 0 Å². The Morgan fingerprint density at radius 3 is 3.06 bits per heavy atom. The monoisotopic (exact) mass is 237 g/mol. The Morgan fingerprint density at radius 2 is 2.29 bits per heavy atom. The molecule has 0 heterocycles. The smallest absolute Gasteiger partial charge is 0.119 e. The van der Waals surface area contributed by atoms with Gasteiger partial charge in [-0.3, -0.25) is 0 Å². The predicted octanol–water partition coefficient (Wildman–Crippen LogP) is 1.02. The van der Waals surface area contributed by atoms with Crippen LogP contribution in [0.3, 0.4) is 0 Å². The summed E-state index contributed by atoms with van der Waals surface area (Å²) in [6.07, 6.45) is 1.43. The van der Waals surface area contributed by atoms with Gasteiger partial charge in [0.1, 0.15) is 18.5 Å². The Kier molecular flexibility index (Phi) is 3.99. The Balaban J connectivity index is 1.94. The summed E-state index contributed by atoms with van der Waals surface area (Å²) in [5.41, 5.74) is 8.44. The minimum Gasteiger partial charge on any atom is -0.491 e. The highest BCUT2D eigenvalue weighted by Crippen LogP contribution is 2.31. The van der Waals surface area contributed by atoms with Gasteiger partial charge in [0, 0.05) is 13.2 Å². The lowest BCUT2D eigenvalue weighted by molar-refractivity contribution is 0.0325. The van der Waals surface area contributed by atoms with E-state index in [1.807, 2.05) is 18.2 Å². The molecule has 94 valence electrons. The Hall–Kier alpha value is -1.10. The average molecular weight is 237 g/mol. The Labute approximate surface area is 101 Å². The predicted molar refractivity (Wildman–Crippen MR) is 65.1 cm³/mol. The van der Waals surface area contributed by atoms with Crippen LogP contribution in [-0.4, -0.2) is 31.5 Å². The molecule has 0 fully saturated rings. The second-order valence-corrected chi connectivity index (χ2v) is 4.43. The number of aryl methyl sites for hydroxylation is 1. The second-order valence-electron chi connectivity index (χ2n) is 4.43. The van der Waals surface area contributed by atoms with Crippen molar-refractivity contribution in [2.24, 2.45) is 5.73 Å². The van der Waals surface area contributed by atoms with Gasteiger partial charge in [0.25, 0.3) is 0 Å². The first-order chi connectivity index (χ1) is 8.20. The van der Waals surface area contributed by atoms with Crippen LogP contribution >= 0.6 is 0 Å². The molecule has 2 rings (SSSR count). The van der Waals surface area contributed by atoms with Gasteiger partial charge in [-0.15, -0.1) is 0 Å². The first kappa shape index (κ1) is 12.4. The van der Waals surface area contributed by atoms with Gasteiger partial charge < -0.3 is 20.3 Å². The number of rotatable bonds is 5. The molecule has 0 bridgehead atoms. The number of aliphatic hydroxyl groups excluding tert-OH is 1. The number of hydrogen-bond donors (Lipinski definition) is 2. The van der Waals surface area contributed by atoms with Crippen LogP contribution in [-0.2, 0) is 11.2 Å². The quantitative estimate of drug-likeness (QED) is 0.802. The third-order valence-electron chi connectivity index (χ3n) is 3.04. The van der Waals surface area contributed by atoms with E-state index in [9.17, 15) is 5.11 Å². The van der Waals surface area contributed by atoms with E-state index in [-0.39, 0.29) is 19.3 Å². The van der Waals surface area contributed by atoms with Crippen LogP contribution in [0.1, 0.15) is 23.6 Å². The van der Waals surface area contributed by atoms with Crippen molar-refractivity contribution in [2.45, 2.75) is 25.0 Å². The maximum Gasteiger partial charge on any atom is 0.119 e. The van der Waals surface area contributed by atoms with Crippen molar-refractivity contribution in [3.63, 3.8) is 0 Å². The summed E-state index contributed by atoms with van der Waals surface area (Å²) in [5, 5.41) is 9.48. The fraction of sp³-hybridized carbons (Fsp3) is 0.538. The van der Waals surface area contributed by atoms with Gasteiger partial charge in [0.15, 0.2) is 0 Å². The topological polar surface area (TPSA) is 64.7 Å². The fourth-order valence-corrected chi connectivity index (χ4v) is 2.15. The lowest BCUT2D eigenvalue weighted by Crippen LogP contribution is -2.22. The summed E-state index contributed by atoms with van der Waals surface area (Å²) < 4.78 is 10.3. The van der Waals surface area contributed by atoms with E-state index >= 15 is 0 Å². The van der Waals surface area contributed by atoms with Gasteiger partial charge in [-0.25, -0.2) is 0 Å². The van der Waals surface area contributed by atoms with Crippen molar-refractivity contribution in [2.75, 3.05) is 20.3 Å². The fourth-order valence-electron chi connectivity index (χ4n) is 2.15. The van der Waals surface area contributed by atoms with Crippen molar-refractivity contribution in [3.8, 4) is 5.75 Å². The van der Waals surface area contributed by atoms with Crippen molar-refractivity contribution < 1.29 is 14.6 Å². The number of fused-ring (bicyclic) bond motifs is 1. The molecular weight excluding hydrogens is 218 g/mol. The lowest BCUT2D eigenvalue weighted by Gasteiger charge is -2.12. The molecule has 1 aromatic rings.